The number of ether oxygens (including phenoxy) is 9. The average Bonchev–Trinajstić information content (AvgIpc) is 1.61. The number of hydrogen-bond donors (Lipinski definition) is 6. The van der Waals surface area contributed by atoms with E-state index in [1.54, 1.807) is 77.2 Å². The van der Waals surface area contributed by atoms with Crippen LogP contribution in [0.4, 0.5) is 0 Å². The molecule has 2 saturated carbocycles. The van der Waals surface area contributed by atoms with Crippen LogP contribution in [0.5, 0.6) is 34.5 Å². The van der Waals surface area contributed by atoms with Gasteiger partial charge in [-0.15, -0.1) is 0 Å². The first-order chi connectivity index (χ1) is 50.2. The van der Waals surface area contributed by atoms with E-state index < -0.39 is 54.1 Å². The molecule has 0 spiro atoms. The summed E-state index contributed by atoms with van der Waals surface area (Å²) in [6.45, 7) is 8.49. The standard InChI is InChI=1S/C79H87N9O16/c1-45-63(96-5)29-52(30-64(45)97-6)74(89)69(40-87-39-62-73(84-87)60(78(94)95)23-25-82-62)100-26-24-48-13-11-14-49(27-48)43-101-67-34-54(32-66(99-8)46(67)2)76(91)71(42-88-37-56-16-12-15-55(36-81)79(56,4)85-88)104-58-21-19-50(28-58)44-102-68-33-53(31-65(98-7)47(68)3)75(90)70(103-57-17-9-10-18-57)41-86-38-61-51(35-80)20-22-59(77(92)93)72(61)83-86/h11-16,20,22-23,25,27,29-34,37-39,50,57-58,69-71,74-76,85,89-91H,9-10,17-19,21,24,26,28,40-44H2,1-8H3,(H,92,93)(H,94,95)/t50?,58?,69-,70-,71-,74+,75+,76+,79?/m0/s1. The summed E-state index contributed by atoms with van der Waals surface area (Å²) in [6.07, 6.45) is 11.7. The first kappa shape index (κ1) is 73.4. The molecule has 9 atom stereocenters. The lowest BCUT2D eigenvalue weighted by Crippen LogP contribution is -2.50. The van der Waals surface area contributed by atoms with Crippen LogP contribution in [0.1, 0.15) is 141 Å². The number of carboxylic acids is 2. The SMILES string of the molecule is COc1cc([C@@H](O)[C@H](Cn2cc3nccc(C(=O)O)c3n2)OCCc2cccc(COc3cc([C@@H](O)[C@H](CN4C=C5C=CC=C(C#N)C5(C)N4)OC4CCC(COc5cc([C@@H](O)[C@H](Cn6cc7c(C#N)ccc(C(=O)O)c7n6)OC6CCCC6)cc(OC)c5C)C4)cc(OC)c3C)c2)cc(OC)c1C. The van der Waals surface area contributed by atoms with Gasteiger partial charge in [0, 0.05) is 40.7 Å². The van der Waals surface area contributed by atoms with Gasteiger partial charge in [-0.3, -0.25) is 14.3 Å². The molecule has 8 aromatic rings. The third kappa shape index (κ3) is 15.9. The number of nitrogens with zero attached hydrogens (tertiary/aromatic N) is 8. The van der Waals surface area contributed by atoms with E-state index in [2.05, 4.69) is 32.7 Å². The number of allylic oxidation sites excluding steroid dienone is 2. The van der Waals surface area contributed by atoms with Crippen molar-refractivity contribution in [2.24, 2.45) is 5.92 Å². The molecule has 25 heteroatoms. The third-order valence-electron chi connectivity index (χ3n) is 20.4. The molecule has 4 heterocycles. The summed E-state index contributed by atoms with van der Waals surface area (Å²) in [4.78, 5) is 28.6. The second-order valence-electron chi connectivity index (χ2n) is 27.2. The zero-order valence-corrected chi connectivity index (χ0v) is 59.4. The highest BCUT2D eigenvalue weighted by Gasteiger charge is 2.42. The quantitative estimate of drug-likeness (QED) is 0.0228. The first-order valence-electron chi connectivity index (χ1n) is 34.8. The molecular weight excluding hydrogens is 1330 g/mol. The van der Waals surface area contributed by atoms with Crippen molar-refractivity contribution in [3.8, 4) is 46.6 Å². The second-order valence-corrected chi connectivity index (χ2v) is 27.2. The van der Waals surface area contributed by atoms with E-state index in [1.165, 1.54) is 33.8 Å². The topological polar surface area (TPSA) is 330 Å². The molecule has 2 fully saturated rings. The maximum Gasteiger partial charge on any atom is 0.338 e. The summed E-state index contributed by atoms with van der Waals surface area (Å²) in [5.74, 6) is 0.737. The normalized spacial score (nSPS) is 19.0. The van der Waals surface area contributed by atoms with Crippen LogP contribution < -0.4 is 33.8 Å². The number of hydrazine groups is 1. The van der Waals surface area contributed by atoms with Gasteiger partial charge in [0.25, 0.3) is 0 Å². The maximum atomic E-state index is 12.8. The summed E-state index contributed by atoms with van der Waals surface area (Å²) < 4.78 is 59.8. The predicted molar refractivity (Wildman–Crippen MR) is 383 cm³/mol. The lowest BCUT2D eigenvalue weighted by molar-refractivity contribution is -0.0897. The lowest BCUT2D eigenvalue weighted by atomic mass is 9.83. The molecule has 0 saturated heterocycles. The first-order valence-corrected chi connectivity index (χ1v) is 34.8. The zero-order chi connectivity index (χ0) is 73.5. The van der Waals surface area contributed by atoms with Crippen molar-refractivity contribution in [3.63, 3.8) is 0 Å². The van der Waals surface area contributed by atoms with E-state index in [4.69, 9.17) is 42.6 Å². The van der Waals surface area contributed by atoms with Crippen molar-refractivity contribution in [3.05, 3.63) is 194 Å². The Morgan fingerprint density at radius 3 is 1.86 bits per heavy atom. The summed E-state index contributed by atoms with van der Waals surface area (Å²) in [7, 11) is 6.21. The summed E-state index contributed by atoms with van der Waals surface area (Å²) in [5.41, 5.74) is 10.6. The molecule has 0 bridgehead atoms. The van der Waals surface area contributed by atoms with Crippen molar-refractivity contribution >= 4 is 33.9 Å². The number of nitrogens with one attached hydrogen (secondary N) is 1. The Morgan fingerprint density at radius 2 is 1.22 bits per heavy atom. The van der Waals surface area contributed by atoms with Gasteiger partial charge in [0.05, 0.1) is 120 Å². The number of benzene rings is 5. The van der Waals surface area contributed by atoms with Gasteiger partial charge in [0.1, 0.15) is 94.3 Å². The number of aliphatic hydroxyl groups is 3. The number of rotatable bonds is 32. The van der Waals surface area contributed by atoms with Crippen LogP contribution in [0.15, 0.2) is 133 Å². The molecule has 0 radical (unpaired) electrons. The van der Waals surface area contributed by atoms with Gasteiger partial charge in [0.2, 0.25) is 0 Å². The molecule has 104 heavy (non-hydrogen) atoms. The van der Waals surface area contributed by atoms with Gasteiger partial charge in [-0.2, -0.15) is 20.7 Å². The van der Waals surface area contributed by atoms with Crippen molar-refractivity contribution in [2.45, 2.75) is 153 Å². The number of carbonyl (C=O) groups is 2. The van der Waals surface area contributed by atoms with Crippen molar-refractivity contribution < 1.29 is 77.8 Å². The fraction of sp³-hybridized carbons (Fsp3) is 0.405. The van der Waals surface area contributed by atoms with Gasteiger partial charge in [-0.1, -0.05) is 49.3 Å². The lowest BCUT2D eigenvalue weighted by Gasteiger charge is -2.34. The highest BCUT2D eigenvalue weighted by atomic mass is 16.5. The number of nitriles is 2. The molecule has 544 valence electrons. The Bertz CT molecular complexity index is 4650. The Labute approximate surface area is 602 Å². The smallest absolute Gasteiger partial charge is 0.338 e. The van der Waals surface area contributed by atoms with Crippen LogP contribution in [0.2, 0.25) is 0 Å². The van der Waals surface area contributed by atoms with Crippen molar-refractivity contribution in [1.29, 1.82) is 10.5 Å². The molecule has 5 aromatic carbocycles. The Morgan fingerprint density at radius 1 is 0.654 bits per heavy atom. The molecular formula is C79H87N9O16. The summed E-state index contributed by atoms with van der Waals surface area (Å²) in [6, 6.07) is 27.2. The fourth-order valence-corrected chi connectivity index (χ4v) is 14.5. The van der Waals surface area contributed by atoms with Crippen LogP contribution >= 0.6 is 0 Å². The fourth-order valence-electron chi connectivity index (χ4n) is 14.5. The molecule has 25 nitrogen and oxygen atoms in total. The summed E-state index contributed by atoms with van der Waals surface area (Å²) in [5, 5.41) is 88.6. The summed E-state index contributed by atoms with van der Waals surface area (Å²) >= 11 is 0. The van der Waals surface area contributed by atoms with Crippen LogP contribution in [0, 0.1) is 49.4 Å². The number of aromatic carboxylic acids is 2. The van der Waals surface area contributed by atoms with Crippen LogP contribution in [0.25, 0.3) is 21.9 Å². The molecule has 3 aliphatic carbocycles. The largest absolute Gasteiger partial charge is 0.496 e. The van der Waals surface area contributed by atoms with E-state index in [-0.39, 0.29) is 78.7 Å². The van der Waals surface area contributed by atoms with E-state index in [0.717, 1.165) is 59.9 Å². The molecule has 1 aliphatic heterocycles. The minimum Gasteiger partial charge on any atom is -0.496 e. The molecule has 3 unspecified atom stereocenters. The average molecular weight is 1420 g/mol. The number of carboxylic acid groups (broad SMARTS) is 2. The van der Waals surface area contributed by atoms with E-state index >= 15 is 0 Å². The van der Waals surface area contributed by atoms with Gasteiger partial charge < -0.3 is 73.2 Å². The Kier molecular flexibility index (Phi) is 22.7. The Hall–Kier alpha value is -10.4. The van der Waals surface area contributed by atoms with Gasteiger partial charge in [-0.25, -0.2) is 15.0 Å². The number of pyridine rings is 1. The molecule has 6 N–H and O–H groups in total. The number of fused-ring (bicyclic) bond motifs is 3. The molecule has 4 aliphatic rings. The predicted octanol–water partition coefficient (Wildman–Crippen LogP) is 11.2. The minimum absolute atomic E-state index is 0.00112. The Balaban J connectivity index is 0.738. The maximum absolute atomic E-state index is 12.8. The molecule has 0 amide bonds. The van der Waals surface area contributed by atoms with Crippen molar-refractivity contribution in [1.82, 2.24) is 35.0 Å². The van der Waals surface area contributed by atoms with Crippen LogP contribution in [-0.4, -0.2) is 151 Å². The molecule has 12 rings (SSSR count). The van der Waals surface area contributed by atoms with E-state index in [1.807, 2.05) is 81.4 Å². The highest BCUT2D eigenvalue weighted by molar-refractivity contribution is 6.03. The van der Waals surface area contributed by atoms with E-state index in [0.29, 0.717) is 99.1 Å². The number of aromatic nitrogens is 5. The number of aliphatic hydroxyl groups excluding tert-OH is 3. The molecule has 3 aromatic heterocycles. The monoisotopic (exact) mass is 1420 g/mol. The zero-order valence-electron chi connectivity index (χ0n) is 59.4. The van der Waals surface area contributed by atoms with Gasteiger partial charge in [-0.05, 0) is 166 Å². The third-order valence-corrected chi connectivity index (χ3v) is 20.4. The van der Waals surface area contributed by atoms with Gasteiger partial charge >= 0.3 is 11.9 Å². The van der Waals surface area contributed by atoms with Gasteiger partial charge in [0.15, 0.2) is 0 Å². The van der Waals surface area contributed by atoms with E-state index in [9.17, 15) is 45.6 Å². The number of hydrogen-bond acceptors (Lipinski definition) is 21. The highest BCUT2D eigenvalue weighted by Crippen LogP contribution is 2.42. The van der Waals surface area contributed by atoms with Crippen LogP contribution in [-0.2, 0) is 40.3 Å². The van der Waals surface area contributed by atoms with Crippen LogP contribution in [0.3, 0.4) is 0 Å². The number of methoxy groups -OCH3 is 4. The minimum atomic E-state index is -1.22. The second kappa shape index (κ2) is 32.1. The van der Waals surface area contributed by atoms with Crippen molar-refractivity contribution in [2.75, 3.05) is 48.2 Å².